The lowest BCUT2D eigenvalue weighted by Gasteiger charge is -2.17. The lowest BCUT2D eigenvalue weighted by atomic mass is 9.88. The fourth-order valence-electron chi connectivity index (χ4n) is 2.28. The van der Waals surface area contributed by atoms with Crippen LogP contribution < -0.4 is 0 Å². The summed E-state index contributed by atoms with van der Waals surface area (Å²) in [5, 5.41) is 0. The highest BCUT2D eigenvalue weighted by Crippen LogP contribution is 2.29. The summed E-state index contributed by atoms with van der Waals surface area (Å²) in [5.74, 6) is 0.655. The predicted molar refractivity (Wildman–Crippen MR) is 71.3 cm³/mol. The number of aryl methyl sites for hydroxylation is 1. The van der Waals surface area contributed by atoms with Crippen LogP contribution >= 0.6 is 0 Å². The van der Waals surface area contributed by atoms with Crippen LogP contribution in [0.3, 0.4) is 0 Å². The predicted octanol–water partition coefficient (Wildman–Crippen LogP) is 4.62. The van der Waals surface area contributed by atoms with Gasteiger partial charge in [0.2, 0.25) is 0 Å². The van der Waals surface area contributed by atoms with Gasteiger partial charge in [-0.25, -0.2) is 0 Å². The Bertz CT molecular complexity index is 393. The van der Waals surface area contributed by atoms with Gasteiger partial charge in [-0.15, -0.1) is 0 Å². The molecule has 0 saturated carbocycles. The minimum Gasteiger partial charge on any atom is -0.0839 e. The Hall–Kier alpha value is -1.30. The molecule has 0 bridgehead atoms. The van der Waals surface area contributed by atoms with Crippen LogP contribution in [0.25, 0.3) is 5.57 Å². The average molecular weight is 212 g/mol. The van der Waals surface area contributed by atoms with Crippen LogP contribution in [0.4, 0.5) is 0 Å². The molecule has 1 aromatic rings. The molecule has 1 aliphatic carbocycles. The number of benzene rings is 1. The second-order valence-corrected chi connectivity index (χ2v) is 4.63. The van der Waals surface area contributed by atoms with Gasteiger partial charge in [0.15, 0.2) is 0 Å². The molecule has 2 rings (SSSR count). The van der Waals surface area contributed by atoms with Crippen molar-refractivity contribution < 1.29 is 0 Å². The van der Waals surface area contributed by atoms with Crippen LogP contribution in [0, 0.1) is 5.92 Å². The molecule has 84 valence electrons. The third-order valence-electron chi connectivity index (χ3n) is 3.26. The van der Waals surface area contributed by atoms with E-state index in [4.69, 9.17) is 0 Å². The first-order valence-electron chi connectivity index (χ1n) is 6.27. The zero-order chi connectivity index (χ0) is 11.4. The summed E-state index contributed by atoms with van der Waals surface area (Å²) in [7, 11) is 0. The van der Waals surface area contributed by atoms with Gasteiger partial charge in [-0.1, -0.05) is 62.8 Å². The minimum atomic E-state index is 0.655. The molecule has 0 heteroatoms. The topological polar surface area (TPSA) is 0 Å². The van der Waals surface area contributed by atoms with Gasteiger partial charge in [-0.3, -0.25) is 0 Å². The smallest absolute Gasteiger partial charge is 0.0150 e. The molecule has 0 fully saturated rings. The minimum absolute atomic E-state index is 0.655. The maximum Gasteiger partial charge on any atom is -0.0150 e. The van der Waals surface area contributed by atoms with Gasteiger partial charge in [0, 0.05) is 0 Å². The van der Waals surface area contributed by atoms with Gasteiger partial charge >= 0.3 is 0 Å². The number of hydrogen-bond donors (Lipinski definition) is 0. The van der Waals surface area contributed by atoms with E-state index in [1.807, 2.05) is 0 Å². The summed E-state index contributed by atoms with van der Waals surface area (Å²) in [4.78, 5) is 0. The number of rotatable bonds is 3. The van der Waals surface area contributed by atoms with E-state index in [0.29, 0.717) is 5.92 Å². The maximum atomic E-state index is 2.30. The van der Waals surface area contributed by atoms with Crippen LogP contribution in [-0.2, 0) is 6.42 Å². The molecule has 0 aliphatic heterocycles. The lowest BCUT2D eigenvalue weighted by molar-refractivity contribution is 0.758. The normalized spacial score (nSPS) is 19.6. The Balaban J connectivity index is 2.21. The van der Waals surface area contributed by atoms with Crippen molar-refractivity contribution in [2.75, 3.05) is 0 Å². The van der Waals surface area contributed by atoms with Crippen LogP contribution in [0.5, 0.6) is 0 Å². The van der Waals surface area contributed by atoms with Crippen molar-refractivity contribution in [3.05, 3.63) is 53.6 Å². The molecule has 0 radical (unpaired) electrons. The molecular formula is C16H20. The molecule has 1 aromatic carbocycles. The monoisotopic (exact) mass is 212 g/mol. The van der Waals surface area contributed by atoms with Crippen molar-refractivity contribution in [2.45, 2.75) is 33.1 Å². The highest BCUT2D eigenvalue weighted by atomic mass is 14.2. The average Bonchev–Trinajstić information content (AvgIpc) is 2.31. The molecule has 0 amide bonds. The second kappa shape index (κ2) is 5.16. The van der Waals surface area contributed by atoms with E-state index in [-0.39, 0.29) is 0 Å². The van der Waals surface area contributed by atoms with Crippen molar-refractivity contribution in [3.8, 4) is 0 Å². The van der Waals surface area contributed by atoms with E-state index in [1.54, 1.807) is 0 Å². The summed E-state index contributed by atoms with van der Waals surface area (Å²) in [6.07, 6.45) is 10.3. The molecule has 0 N–H and O–H groups in total. The Morgan fingerprint density at radius 3 is 2.56 bits per heavy atom. The van der Waals surface area contributed by atoms with Gasteiger partial charge in [0.25, 0.3) is 0 Å². The molecule has 0 nitrogen and oxygen atoms in total. The molecule has 0 aromatic heterocycles. The molecule has 1 atom stereocenters. The molecule has 16 heavy (non-hydrogen) atoms. The van der Waals surface area contributed by atoms with E-state index in [1.165, 1.54) is 36.0 Å². The van der Waals surface area contributed by atoms with Crippen molar-refractivity contribution in [1.82, 2.24) is 0 Å². The maximum absolute atomic E-state index is 2.30. The molecule has 0 spiro atoms. The Morgan fingerprint density at radius 1 is 1.19 bits per heavy atom. The molecule has 0 saturated heterocycles. The van der Waals surface area contributed by atoms with Gasteiger partial charge in [-0.2, -0.15) is 0 Å². The highest BCUT2D eigenvalue weighted by molar-refractivity contribution is 5.70. The van der Waals surface area contributed by atoms with Crippen LogP contribution in [0.2, 0.25) is 0 Å². The summed E-state index contributed by atoms with van der Waals surface area (Å²) in [6, 6.07) is 9.08. The van der Waals surface area contributed by atoms with E-state index in [9.17, 15) is 0 Å². The Kier molecular flexibility index (Phi) is 3.61. The Morgan fingerprint density at radius 2 is 1.94 bits per heavy atom. The van der Waals surface area contributed by atoms with Gasteiger partial charge in [-0.05, 0) is 35.5 Å². The van der Waals surface area contributed by atoms with Crippen molar-refractivity contribution in [3.63, 3.8) is 0 Å². The van der Waals surface area contributed by atoms with E-state index < -0.39 is 0 Å². The van der Waals surface area contributed by atoms with Crippen LogP contribution in [-0.4, -0.2) is 0 Å². The number of hydrogen-bond acceptors (Lipinski definition) is 0. The zero-order valence-electron chi connectivity index (χ0n) is 10.2. The summed E-state index contributed by atoms with van der Waals surface area (Å²) < 4.78 is 0. The highest BCUT2D eigenvalue weighted by Gasteiger charge is 2.11. The molecular weight excluding hydrogens is 192 g/mol. The van der Waals surface area contributed by atoms with E-state index in [2.05, 4.69) is 56.3 Å². The van der Waals surface area contributed by atoms with Crippen molar-refractivity contribution in [2.24, 2.45) is 5.92 Å². The van der Waals surface area contributed by atoms with Gasteiger partial charge in [0.05, 0.1) is 0 Å². The fraction of sp³-hybridized carbons (Fsp3) is 0.375. The largest absolute Gasteiger partial charge is 0.0839 e. The summed E-state index contributed by atoms with van der Waals surface area (Å²) in [6.45, 7) is 4.53. The molecule has 1 aliphatic rings. The van der Waals surface area contributed by atoms with Crippen LogP contribution in [0.1, 0.15) is 37.8 Å². The first-order valence-corrected chi connectivity index (χ1v) is 6.27. The third kappa shape index (κ3) is 2.44. The number of allylic oxidation sites excluding steroid dienone is 4. The lowest BCUT2D eigenvalue weighted by Crippen LogP contribution is -2.00. The van der Waals surface area contributed by atoms with Gasteiger partial charge < -0.3 is 0 Å². The standard InChI is InChI=1S/C16H20/c1-3-6-14-9-11-15(12-10-14)16-8-5-4-7-13(16)2/h4-5,8-13H,3,6-7H2,1-2H3. The SMILES string of the molecule is CCCc1ccc(C2=CC=CCC2C)cc1. The zero-order valence-corrected chi connectivity index (χ0v) is 10.2. The third-order valence-corrected chi connectivity index (χ3v) is 3.26. The summed E-state index contributed by atoms with van der Waals surface area (Å²) >= 11 is 0. The second-order valence-electron chi connectivity index (χ2n) is 4.63. The van der Waals surface area contributed by atoms with Crippen molar-refractivity contribution in [1.29, 1.82) is 0 Å². The van der Waals surface area contributed by atoms with Crippen molar-refractivity contribution >= 4 is 5.57 Å². The van der Waals surface area contributed by atoms with Crippen LogP contribution in [0.15, 0.2) is 42.5 Å². The van der Waals surface area contributed by atoms with E-state index >= 15 is 0 Å². The Labute approximate surface area is 98.7 Å². The molecule has 0 heterocycles. The quantitative estimate of drug-likeness (QED) is 0.686. The van der Waals surface area contributed by atoms with Gasteiger partial charge in [0.1, 0.15) is 0 Å². The van der Waals surface area contributed by atoms with E-state index in [0.717, 1.165) is 0 Å². The first kappa shape index (κ1) is 11.2. The molecule has 1 unspecified atom stereocenters. The first-order chi connectivity index (χ1) is 7.81. The summed E-state index contributed by atoms with van der Waals surface area (Å²) in [5.41, 5.74) is 4.31. The fourth-order valence-corrected chi connectivity index (χ4v) is 2.28.